The number of hydroxylamine groups is 2. The molecule has 2 amide bonds. The highest BCUT2D eigenvalue weighted by molar-refractivity contribution is 6.00. The number of methoxy groups -OCH3 is 1. The van der Waals surface area contributed by atoms with Crippen LogP contribution in [0.4, 0.5) is 10.5 Å². The first-order chi connectivity index (χ1) is 18.7. The minimum absolute atomic E-state index is 0.167. The first-order valence-electron chi connectivity index (χ1n) is 12.7. The minimum Gasteiger partial charge on any atom is -0.466 e. The maximum Gasteiger partial charge on any atom is 0.411 e. The first-order valence-corrected chi connectivity index (χ1v) is 12.7. The highest BCUT2D eigenvalue weighted by Crippen LogP contribution is 2.23. The Hall–Kier alpha value is -4.21. The Morgan fingerprint density at radius 1 is 0.923 bits per heavy atom. The van der Waals surface area contributed by atoms with Crippen molar-refractivity contribution in [2.45, 2.75) is 26.0 Å². The van der Waals surface area contributed by atoms with Gasteiger partial charge in [-0.1, -0.05) is 60.7 Å². The van der Waals surface area contributed by atoms with E-state index in [-0.39, 0.29) is 13.2 Å². The average Bonchev–Trinajstić information content (AvgIpc) is 2.93. The van der Waals surface area contributed by atoms with Crippen LogP contribution in [0, 0.1) is 0 Å². The topological polar surface area (TPSA) is 105 Å². The minimum atomic E-state index is -0.663. The summed E-state index contributed by atoms with van der Waals surface area (Å²) in [5.41, 5.74) is 2.75. The molecule has 2 N–H and O–H groups in total. The Morgan fingerprint density at radius 2 is 1.62 bits per heavy atom. The molecule has 0 saturated carbocycles. The predicted molar refractivity (Wildman–Crippen MR) is 149 cm³/mol. The lowest BCUT2D eigenvalue weighted by molar-refractivity contribution is -0.903. The van der Waals surface area contributed by atoms with Crippen molar-refractivity contribution in [3.8, 4) is 0 Å². The van der Waals surface area contributed by atoms with Gasteiger partial charge in [0.05, 0.1) is 33.4 Å². The molecule has 0 aliphatic heterocycles. The number of unbranched alkanes of at least 4 members (excludes halogenated alkanes) is 1. The summed E-state index contributed by atoms with van der Waals surface area (Å²) >= 11 is 0. The van der Waals surface area contributed by atoms with E-state index in [0.29, 0.717) is 17.2 Å². The van der Waals surface area contributed by atoms with Gasteiger partial charge in [0, 0.05) is 29.6 Å². The van der Waals surface area contributed by atoms with Gasteiger partial charge in [0.2, 0.25) is 0 Å². The maximum atomic E-state index is 12.4. The number of amides is 2. The lowest BCUT2D eigenvalue weighted by atomic mass is 10.1. The molecule has 0 heterocycles. The number of quaternary nitrogens is 1. The number of carbonyl (C=O) groups is 3. The molecule has 9 nitrogen and oxygen atoms in total. The van der Waals surface area contributed by atoms with Crippen LogP contribution in [0.15, 0.2) is 78.9 Å². The third kappa shape index (κ3) is 9.55. The molecular formula is C30H36N3O6+. The molecule has 0 spiro atoms. The van der Waals surface area contributed by atoms with E-state index in [9.17, 15) is 19.6 Å². The molecule has 0 atom stereocenters. The van der Waals surface area contributed by atoms with Crippen molar-refractivity contribution >= 4 is 34.4 Å². The number of hydrogen-bond donors (Lipinski definition) is 2. The summed E-state index contributed by atoms with van der Waals surface area (Å²) in [6.07, 6.45) is 2.88. The van der Waals surface area contributed by atoms with Gasteiger partial charge >= 0.3 is 12.1 Å². The number of carbonyl (C=O) groups excluding carboxylic acids is 3. The predicted octanol–water partition coefficient (Wildman–Crippen LogP) is 4.89. The van der Waals surface area contributed by atoms with Crippen LogP contribution < -0.4 is 5.32 Å². The SMILES string of the molecule is COC(=O)C=CC(=O)N(O)CCCC[N+](C)(C)Cc1ccc(COC(=O)Nc2cccc3ccccc23)cc1. The van der Waals surface area contributed by atoms with Crippen LogP contribution in [0.3, 0.4) is 0 Å². The summed E-state index contributed by atoms with van der Waals surface area (Å²) < 4.78 is 10.6. The molecule has 0 aliphatic carbocycles. The molecule has 206 valence electrons. The van der Waals surface area contributed by atoms with Crippen molar-refractivity contribution in [3.05, 3.63) is 90.0 Å². The van der Waals surface area contributed by atoms with Crippen molar-refractivity contribution in [2.75, 3.05) is 39.6 Å². The summed E-state index contributed by atoms with van der Waals surface area (Å²) in [5.74, 6) is -1.32. The third-order valence-electron chi connectivity index (χ3n) is 6.23. The van der Waals surface area contributed by atoms with Gasteiger partial charge in [-0.15, -0.1) is 0 Å². The summed E-state index contributed by atoms with van der Waals surface area (Å²) in [6, 6.07) is 21.6. The smallest absolute Gasteiger partial charge is 0.411 e. The Kier molecular flexibility index (Phi) is 10.6. The van der Waals surface area contributed by atoms with E-state index in [1.165, 1.54) is 7.11 Å². The van der Waals surface area contributed by atoms with E-state index < -0.39 is 18.0 Å². The van der Waals surface area contributed by atoms with Crippen molar-refractivity contribution in [3.63, 3.8) is 0 Å². The second-order valence-electron chi connectivity index (χ2n) is 9.89. The number of nitrogens with zero attached hydrogens (tertiary/aromatic N) is 2. The fraction of sp³-hybridized carbons (Fsp3) is 0.300. The van der Waals surface area contributed by atoms with Crippen molar-refractivity contribution < 1.29 is 33.5 Å². The van der Waals surface area contributed by atoms with Gasteiger partial charge in [-0.25, -0.2) is 14.7 Å². The van der Waals surface area contributed by atoms with Gasteiger partial charge in [0.15, 0.2) is 0 Å². The number of esters is 1. The fourth-order valence-corrected chi connectivity index (χ4v) is 4.15. The molecule has 39 heavy (non-hydrogen) atoms. The number of nitrogens with one attached hydrogen (secondary N) is 1. The zero-order valence-electron chi connectivity index (χ0n) is 22.6. The molecule has 9 heteroatoms. The van der Waals surface area contributed by atoms with Gasteiger partial charge in [-0.05, 0) is 29.9 Å². The summed E-state index contributed by atoms with van der Waals surface area (Å²) in [6.45, 7) is 1.99. The van der Waals surface area contributed by atoms with Crippen molar-refractivity contribution in [1.29, 1.82) is 0 Å². The molecule has 0 radical (unpaired) electrons. The van der Waals surface area contributed by atoms with Crippen LogP contribution in [0.1, 0.15) is 24.0 Å². The largest absolute Gasteiger partial charge is 0.466 e. The zero-order valence-corrected chi connectivity index (χ0v) is 22.6. The van der Waals surface area contributed by atoms with E-state index in [2.05, 4.69) is 24.1 Å². The molecule has 0 saturated heterocycles. The van der Waals surface area contributed by atoms with Crippen LogP contribution in [-0.4, -0.2) is 67.0 Å². The monoisotopic (exact) mass is 534 g/mol. The highest BCUT2D eigenvalue weighted by atomic mass is 16.5. The lowest BCUT2D eigenvalue weighted by Crippen LogP contribution is -2.40. The summed E-state index contributed by atoms with van der Waals surface area (Å²) in [4.78, 5) is 35.2. The first kappa shape index (κ1) is 29.3. The van der Waals surface area contributed by atoms with E-state index in [0.717, 1.165) is 58.0 Å². The van der Waals surface area contributed by atoms with Crippen molar-refractivity contribution in [2.24, 2.45) is 0 Å². The van der Waals surface area contributed by atoms with E-state index in [1.54, 1.807) is 0 Å². The molecule has 0 unspecified atom stereocenters. The van der Waals surface area contributed by atoms with Gasteiger partial charge in [-0.2, -0.15) is 0 Å². The molecule has 3 aromatic rings. The quantitative estimate of drug-likeness (QED) is 0.0856. The molecule has 0 aliphatic rings. The number of anilines is 1. The molecule has 0 fully saturated rings. The van der Waals surface area contributed by atoms with Gasteiger partial charge in [-0.3, -0.25) is 15.3 Å². The van der Waals surface area contributed by atoms with E-state index in [4.69, 9.17) is 4.74 Å². The summed E-state index contributed by atoms with van der Waals surface area (Å²) in [5, 5.41) is 15.3. The molecule has 0 bridgehead atoms. The van der Waals surface area contributed by atoms with Gasteiger partial charge in [0.25, 0.3) is 5.91 Å². The van der Waals surface area contributed by atoms with E-state index in [1.807, 2.05) is 66.7 Å². The Labute approximate surface area is 228 Å². The normalized spacial score (nSPS) is 11.4. The average molecular weight is 535 g/mol. The van der Waals surface area contributed by atoms with Crippen LogP contribution >= 0.6 is 0 Å². The Bertz CT molecular complexity index is 1300. The highest BCUT2D eigenvalue weighted by Gasteiger charge is 2.17. The summed E-state index contributed by atoms with van der Waals surface area (Å²) in [7, 11) is 5.46. The molecular weight excluding hydrogens is 498 g/mol. The third-order valence-corrected chi connectivity index (χ3v) is 6.23. The molecule has 0 aromatic heterocycles. The van der Waals surface area contributed by atoms with E-state index >= 15 is 0 Å². The number of fused-ring (bicyclic) bond motifs is 1. The van der Waals surface area contributed by atoms with Gasteiger partial charge in [0.1, 0.15) is 13.2 Å². The number of rotatable bonds is 12. The second kappa shape index (κ2) is 14.1. The van der Waals surface area contributed by atoms with Crippen LogP contribution in [0.5, 0.6) is 0 Å². The fourth-order valence-electron chi connectivity index (χ4n) is 4.15. The van der Waals surface area contributed by atoms with Crippen LogP contribution in [-0.2, 0) is 32.2 Å². The number of ether oxygens (including phenoxy) is 2. The Morgan fingerprint density at radius 3 is 2.36 bits per heavy atom. The van der Waals surface area contributed by atoms with Gasteiger partial charge < -0.3 is 14.0 Å². The standard InChI is InChI=1S/C30H35N3O6/c1-33(2,20-7-6-19-32(37)28(34)17-18-29(35)38-3)21-23-13-15-24(16-14-23)22-39-30(36)31-27-12-8-10-25-9-4-5-11-26(25)27/h4-5,8-18,37H,6-7,19-22H2,1-3H3/p+1. The van der Waals surface area contributed by atoms with Crippen LogP contribution in [0.2, 0.25) is 0 Å². The second-order valence-corrected chi connectivity index (χ2v) is 9.89. The molecule has 3 rings (SSSR count). The lowest BCUT2D eigenvalue weighted by Gasteiger charge is -2.30. The zero-order chi connectivity index (χ0) is 28.3. The molecule has 3 aromatic carbocycles. The maximum absolute atomic E-state index is 12.4. The van der Waals surface area contributed by atoms with Crippen molar-refractivity contribution in [1.82, 2.24) is 5.06 Å². The van der Waals surface area contributed by atoms with Crippen LogP contribution in [0.25, 0.3) is 10.8 Å². The Balaban J connectivity index is 1.40. The number of hydrogen-bond acceptors (Lipinski definition) is 6. The number of benzene rings is 3.